The first kappa shape index (κ1) is 20.2. The third kappa shape index (κ3) is 5.73. The molecule has 7 nitrogen and oxygen atoms in total. The minimum Gasteiger partial charge on any atom is -0.489 e. The molecule has 0 atom stereocenters. The fourth-order valence-corrected chi connectivity index (χ4v) is 3.44. The van der Waals surface area contributed by atoms with Gasteiger partial charge in [0.2, 0.25) is 5.91 Å². The molecule has 2 heterocycles. The Balaban J connectivity index is 1.44. The van der Waals surface area contributed by atoms with Crippen LogP contribution in [-0.2, 0) is 4.79 Å². The lowest BCUT2D eigenvalue weighted by molar-refractivity contribution is -0.131. The fraction of sp³-hybridized carbons (Fsp3) is 0.524. The fourth-order valence-electron chi connectivity index (χ4n) is 3.44. The Kier molecular flexibility index (Phi) is 6.92. The van der Waals surface area contributed by atoms with Gasteiger partial charge in [0, 0.05) is 51.0 Å². The monoisotopic (exact) mass is 386 g/mol. The zero-order chi connectivity index (χ0) is 19.9. The first-order valence-electron chi connectivity index (χ1n) is 9.94. The number of hydrogen-bond donors (Lipinski definition) is 1. The molecule has 2 aliphatic heterocycles. The average Bonchev–Trinajstić information content (AvgIpc) is 3.22. The number of benzene rings is 1. The van der Waals surface area contributed by atoms with Crippen molar-refractivity contribution in [2.75, 3.05) is 57.7 Å². The standard InChI is InChI=1S/C21H30N4O3/c1-17(2)16-28-19-7-5-6-18(14-19)22-21(27)25-12-10-23(11-13-25)15-20(26)24-8-3-4-9-24/h5-7,14H,1,3-4,8-13,15-16H2,2H3,(H,22,27). The Morgan fingerprint density at radius 2 is 1.79 bits per heavy atom. The van der Waals surface area contributed by atoms with Crippen LogP contribution in [0.5, 0.6) is 5.75 Å². The lowest BCUT2D eigenvalue weighted by atomic mass is 10.3. The van der Waals surface area contributed by atoms with Crippen LogP contribution < -0.4 is 10.1 Å². The highest BCUT2D eigenvalue weighted by Gasteiger charge is 2.25. The van der Waals surface area contributed by atoms with Gasteiger partial charge in [-0.2, -0.15) is 0 Å². The molecule has 28 heavy (non-hydrogen) atoms. The first-order valence-corrected chi connectivity index (χ1v) is 9.94. The van der Waals surface area contributed by atoms with E-state index in [-0.39, 0.29) is 11.9 Å². The van der Waals surface area contributed by atoms with E-state index < -0.39 is 0 Å². The third-order valence-corrected chi connectivity index (χ3v) is 5.05. The number of ether oxygens (including phenoxy) is 1. The normalized spacial score (nSPS) is 17.5. The van der Waals surface area contributed by atoms with Crippen molar-refractivity contribution in [1.82, 2.24) is 14.7 Å². The SMILES string of the molecule is C=C(C)COc1cccc(NC(=O)N2CCN(CC(=O)N3CCCC3)CC2)c1. The summed E-state index contributed by atoms with van der Waals surface area (Å²) < 4.78 is 5.62. The Morgan fingerprint density at radius 1 is 1.07 bits per heavy atom. The van der Waals surface area contributed by atoms with Gasteiger partial charge in [-0.15, -0.1) is 0 Å². The molecule has 7 heteroatoms. The number of anilines is 1. The smallest absolute Gasteiger partial charge is 0.321 e. The summed E-state index contributed by atoms with van der Waals surface area (Å²) in [6.07, 6.45) is 2.22. The molecule has 2 saturated heterocycles. The summed E-state index contributed by atoms with van der Waals surface area (Å²) in [5, 5.41) is 2.93. The summed E-state index contributed by atoms with van der Waals surface area (Å²) in [5.74, 6) is 0.910. The van der Waals surface area contributed by atoms with E-state index in [1.54, 1.807) is 4.90 Å². The van der Waals surface area contributed by atoms with Crippen molar-refractivity contribution in [3.05, 3.63) is 36.4 Å². The summed E-state index contributed by atoms with van der Waals surface area (Å²) in [6.45, 7) is 11.1. The first-order chi connectivity index (χ1) is 13.5. The Hall–Kier alpha value is -2.54. The van der Waals surface area contributed by atoms with Crippen molar-refractivity contribution >= 4 is 17.6 Å². The quantitative estimate of drug-likeness (QED) is 0.763. The highest BCUT2D eigenvalue weighted by atomic mass is 16.5. The molecule has 0 aliphatic carbocycles. The number of rotatable bonds is 6. The van der Waals surface area contributed by atoms with Gasteiger partial charge in [0.1, 0.15) is 12.4 Å². The summed E-state index contributed by atoms with van der Waals surface area (Å²) in [5.41, 5.74) is 1.64. The molecule has 1 aromatic carbocycles. The molecule has 3 rings (SSSR count). The van der Waals surface area contributed by atoms with Gasteiger partial charge >= 0.3 is 6.03 Å². The van der Waals surface area contributed by atoms with E-state index in [0.717, 1.165) is 44.6 Å². The maximum atomic E-state index is 12.5. The number of likely N-dealkylation sites (tertiary alicyclic amines) is 1. The highest BCUT2D eigenvalue weighted by molar-refractivity contribution is 5.89. The van der Waals surface area contributed by atoms with Gasteiger partial charge < -0.3 is 19.9 Å². The van der Waals surface area contributed by atoms with E-state index in [2.05, 4.69) is 16.8 Å². The topological polar surface area (TPSA) is 65.1 Å². The zero-order valence-corrected chi connectivity index (χ0v) is 16.7. The van der Waals surface area contributed by atoms with Crippen LogP contribution in [0.3, 0.4) is 0 Å². The van der Waals surface area contributed by atoms with Gasteiger partial charge in [0.15, 0.2) is 0 Å². The molecule has 0 spiro atoms. The molecule has 1 aromatic rings. The van der Waals surface area contributed by atoms with Crippen molar-refractivity contribution in [2.24, 2.45) is 0 Å². The van der Waals surface area contributed by atoms with E-state index in [0.29, 0.717) is 37.7 Å². The van der Waals surface area contributed by atoms with Crippen LogP contribution in [0, 0.1) is 0 Å². The van der Waals surface area contributed by atoms with Crippen molar-refractivity contribution in [2.45, 2.75) is 19.8 Å². The van der Waals surface area contributed by atoms with Crippen LogP contribution >= 0.6 is 0 Å². The van der Waals surface area contributed by atoms with Crippen molar-refractivity contribution in [3.63, 3.8) is 0 Å². The molecule has 152 valence electrons. The average molecular weight is 386 g/mol. The van der Waals surface area contributed by atoms with Gasteiger partial charge in [0.05, 0.1) is 6.54 Å². The minimum atomic E-state index is -0.123. The van der Waals surface area contributed by atoms with Crippen molar-refractivity contribution < 1.29 is 14.3 Å². The van der Waals surface area contributed by atoms with Crippen LogP contribution in [0.1, 0.15) is 19.8 Å². The molecule has 0 saturated carbocycles. The Bertz CT molecular complexity index is 707. The Morgan fingerprint density at radius 3 is 2.46 bits per heavy atom. The number of piperazine rings is 1. The molecule has 0 unspecified atom stereocenters. The minimum absolute atomic E-state index is 0.123. The summed E-state index contributed by atoms with van der Waals surface area (Å²) in [4.78, 5) is 30.7. The summed E-state index contributed by atoms with van der Waals surface area (Å²) in [7, 11) is 0. The van der Waals surface area contributed by atoms with Gasteiger partial charge in [-0.05, 0) is 37.5 Å². The predicted octanol–water partition coefficient (Wildman–Crippen LogP) is 2.41. The molecule has 2 aliphatic rings. The van der Waals surface area contributed by atoms with E-state index in [1.807, 2.05) is 36.1 Å². The number of hydrogen-bond acceptors (Lipinski definition) is 4. The largest absolute Gasteiger partial charge is 0.489 e. The lowest BCUT2D eigenvalue weighted by Gasteiger charge is -2.35. The van der Waals surface area contributed by atoms with E-state index in [9.17, 15) is 9.59 Å². The maximum absolute atomic E-state index is 12.5. The second kappa shape index (κ2) is 9.59. The molecule has 1 N–H and O–H groups in total. The summed E-state index contributed by atoms with van der Waals surface area (Å²) >= 11 is 0. The highest BCUT2D eigenvalue weighted by Crippen LogP contribution is 2.18. The molecular weight excluding hydrogens is 356 g/mol. The molecular formula is C21H30N4O3. The third-order valence-electron chi connectivity index (χ3n) is 5.05. The number of nitrogens with zero attached hydrogens (tertiary/aromatic N) is 3. The second-order valence-electron chi connectivity index (χ2n) is 7.55. The van der Waals surface area contributed by atoms with Gasteiger partial charge in [-0.3, -0.25) is 9.69 Å². The van der Waals surface area contributed by atoms with E-state index >= 15 is 0 Å². The van der Waals surface area contributed by atoms with Crippen LogP contribution in [0.25, 0.3) is 0 Å². The van der Waals surface area contributed by atoms with E-state index in [1.165, 1.54) is 0 Å². The van der Waals surface area contributed by atoms with Gasteiger partial charge in [0.25, 0.3) is 0 Å². The zero-order valence-electron chi connectivity index (χ0n) is 16.7. The van der Waals surface area contributed by atoms with Gasteiger partial charge in [-0.1, -0.05) is 12.6 Å². The molecule has 2 fully saturated rings. The van der Waals surface area contributed by atoms with Crippen LogP contribution in [0.2, 0.25) is 0 Å². The molecule has 0 aromatic heterocycles. The number of carbonyl (C=O) groups is 2. The lowest BCUT2D eigenvalue weighted by Crippen LogP contribution is -2.52. The number of nitrogens with one attached hydrogen (secondary N) is 1. The number of carbonyl (C=O) groups excluding carboxylic acids is 2. The van der Waals surface area contributed by atoms with Crippen LogP contribution in [0.15, 0.2) is 36.4 Å². The maximum Gasteiger partial charge on any atom is 0.321 e. The number of amides is 3. The number of urea groups is 1. The van der Waals surface area contributed by atoms with E-state index in [4.69, 9.17) is 4.74 Å². The van der Waals surface area contributed by atoms with Crippen LogP contribution in [-0.4, -0.2) is 79.1 Å². The Labute approximate surface area is 166 Å². The van der Waals surface area contributed by atoms with Crippen LogP contribution in [0.4, 0.5) is 10.5 Å². The predicted molar refractivity (Wildman–Crippen MR) is 110 cm³/mol. The van der Waals surface area contributed by atoms with Crippen molar-refractivity contribution in [3.8, 4) is 5.75 Å². The second-order valence-corrected chi connectivity index (χ2v) is 7.55. The summed E-state index contributed by atoms with van der Waals surface area (Å²) in [6, 6.07) is 7.24. The van der Waals surface area contributed by atoms with Gasteiger partial charge in [-0.25, -0.2) is 4.79 Å². The molecule has 3 amide bonds. The molecule has 0 radical (unpaired) electrons. The molecule has 0 bridgehead atoms. The van der Waals surface area contributed by atoms with Crippen molar-refractivity contribution in [1.29, 1.82) is 0 Å².